The standard InChI is InChI=1S/C13H25NO/c1-12-6-8-13(9-7-12)5-3-2-4-10-14-11-15/h11-13H,2-10H2,1H3,(H,14,15). The third kappa shape index (κ3) is 5.81. The molecule has 0 aromatic rings. The van der Waals surface area contributed by atoms with Crippen LogP contribution in [0.2, 0.25) is 0 Å². The molecule has 0 atom stereocenters. The van der Waals surface area contributed by atoms with Gasteiger partial charge in [0.15, 0.2) is 0 Å². The van der Waals surface area contributed by atoms with Gasteiger partial charge in [-0.25, -0.2) is 0 Å². The van der Waals surface area contributed by atoms with Crippen molar-refractivity contribution in [3.05, 3.63) is 0 Å². The van der Waals surface area contributed by atoms with Crippen LogP contribution in [0, 0.1) is 11.8 Å². The van der Waals surface area contributed by atoms with Gasteiger partial charge in [-0.2, -0.15) is 0 Å². The lowest BCUT2D eigenvalue weighted by Gasteiger charge is -2.25. The molecule has 1 fully saturated rings. The topological polar surface area (TPSA) is 29.1 Å². The minimum atomic E-state index is 0.794. The van der Waals surface area contributed by atoms with E-state index in [1.807, 2.05) is 0 Å². The molecule has 0 aliphatic heterocycles. The van der Waals surface area contributed by atoms with Crippen LogP contribution in [0.5, 0.6) is 0 Å². The molecule has 2 heteroatoms. The fourth-order valence-electron chi connectivity index (χ4n) is 2.51. The summed E-state index contributed by atoms with van der Waals surface area (Å²) in [4.78, 5) is 10.0. The Morgan fingerprint density at radius 1 is 1.13 bits per heavy atom. The molecule has 1 rings (SSSR count). The van der Waals surface area contributed by atoms with Crippen molar-refractivity contribution >= 4 is 6.41 Å². The maximum atomic E-state index is 10.0. The summed E-state index contributed by atoms with van der Waals surface area (Å²) in [6, 6.07) is 0. The molecule has 0 bridgehead atoms. The highest BCUT2D eigenvalue weighted by atomic mass is 16.1. The number of hydrogen-bond donors (Lipinski definition) is 1. The molecule has 1 aliphatic rings. The number of carbonyl (C=O) groups excluding carboxylic acids is 1. The van der Waals surface area contributed by atoms with Crippen molar-refractivity contribution in [2.24, 2.45) is 11.8 Å². The van der Waals surface area contributed by atoms with E-state index in [4.69, 9.17) is 0 Å². The molecule has 0 aromatic carbocycles. The van der Waals surface area contributed by atoms with Gasteiger partial charge >= 0.3 is 0 Å². The van der Waals surface area contributed by atoms with Crippen LogP contribution in [-0.2, 0) is 4.79 Å². The van der Waals surface area contributed by atoms with Crippen molar-refractivity contribution in [1.82, 2.24) is 5.32 Å². The maximum Gasteiger partial charge on any atom is 0.207 e. The fraction of sp³-hybridized carbons (Fsp3) is 0.923. The molecule has 0 unspecified atom stereocenters. The van der Waals surface area contributed by atoms with Crippen LogP contribution in [-0.4, -0.2) is 13.0 Å². The van der Waals surface area contributed by atoms with E-state index >= 15 is 0 Å². The van der Waals surface area contributed by atoms with Gasteiger partial charge in [0, 0.05) is 6.54 Å². The molecule has 0 saturated heterocycles. The quantitative estimate of drug-likeness (QED) is 0.509. The molecule has 0 heterocycles. The number of unbranched alkanes of at least 4 members (excludes halogenated alkanes) is 2. The smallest absolute Gasteiger partial charge is 0.207 e. The highest BCUT2D eigenvalue weighted by Crippen LogP contribution is 2.31. The van der Waals surface area contributed by atoms with Crippen molar-refractivity contribution in [3.63, 3.8) is 0 Å². The second kappa shape index (κ2) is 7.72. The molecule has 1 amide bonds. The maximum absolute atomic E-state index is 10.0. The first-order valence-corrected chi connectivity index (χ1v) is 6.50. The molecule has 1 N–H and O–H groups in total. The minimum Gasteiger partial charge on any atom is -0.359 e. The van der Waals surface area contributed by atoms with E-state index in [9.17, 15) is 4.79 Å². The van der Waals surface area contributed by atoms with Gasteiger partial charge in [-0.05, 0) is 18.3 Å². The first kappa shape index (κ1) is 12.5. The fourth-order valence-corrected chi connectivity index (χ4v) is 2.51. The Kier molecular flexibility index (Phi) is 6.45. The lowest BCUT2D eigenvalue weighted by atomic mass is 9.80. The second-order valence-corrected chi connectivity index (χ2v) is 5.05. The SMILES string of the molecule is CC1CCC(CCCCCNC=O)CC1. The Morgan fingerprint density at radius 2 is 1.87 bits per heavy atom. The predicted octanol–water partition coefficient (Wildman–Crippen LogP) is 3.12. The summed E-state index contributed by atoms with van der Waals surface area (Å²) >= 11 is 0. The van der Waals surface area contributed by atoms with E-state index in [1.54, 1.807) is 0 Å². The van der Waals surface area contributed by atoms with E-state index in [2.05, 4.69) is 12.2 Å². The van der Waals surface area contributed by atoms with Gasteiger partial charge in [0.25, 0.3) is 0 Å². The molecule has 1 saturated carbocycles. The summed E-state index contributed by atoms with van der Waals surface area (Å²) in [5.74, 6) is 1.97. The highest BCUT2D eigenvalue weighted by Gasteiger charge is 2.17. The second-order valence-electron chi connectivity index (χ2n) is 5.05. The zero-order chi connectivity index (χ0) is 10.9. The van der Waals surface area contributed by atoms with E-state index < -0.39 is 0 Å². The number of nitrogens with one attached hydrogen (secondary N) is 1. The lowest BCUT2D eigenvalue weighted by Crippen LogP contribution is -2.13. The average molecular weight is 211 g/mol. The van der Waals surface area contributed by atoms with Gasteiger partial charge < -0.3 is 5.32 Å². The van der Waals surface area contributed by atoms with Gasteiger partial charge in [-0.1, -0.05) is 51.9 Å². The van der Waals surface area contributed by atoms with Gasteiger partial charge in [-0.15, -0.1) is 0 Å². The van der Waals surface area contributed by atoms with Gasteiger partial charge in [0.2, 0.25) is 6.41 Å². The third-order valence-electron chi connectivity index (χ3n) is 3.65. The third-order valence-corrected chi connectivity index (χ3v) is 3.65. The Hall–Kier alpha value is -0.530. The number of rotatable bonds is 7. The number of hydrogen-bond acceptors (Lipinski definition) is 1. The monoisotopic (exact) mass is 211 g/mol. The van der Waals surface area contributed by atoms with E-state index in [1.165, 1.54) is 44.9 Å². The van der Waals surface area contributed by atoms with Crippen molar-refractivity contribution in [2.75, 3.05) is 6.54 Å². The normalized spacial score (nSPS) is 26.2. The van der Waals surface area contributed by atoms with Crippen LogP contribution in [0.3, 0.4) is 0 Å². The van der Waals surface area contributed by atoms with Crippen molar-refractivity contribution < 1.29 is 4.79 Å². The minimum absolute atomic E-state index is 0.794. The highest BCUT2D eigenvalue weighted by molar-refractivity contribution is 5.45. The Balaban J connectivity index is 1.89. The zero-order valence-corrected chi connectivity index (χ0v) is 10.0. The molecule has 1 aliphatic carbocycles. The van der Waals surface area contributed by atoms with Crippen LogP contribution in [0.4, 0.5) is 0 Å². The average Bonchev–Trinajstić information content (AvgIpc) is 2.26. The van der Waals surface area contributed by atoms with Crippen LogP contribution in [0.1, 0.15) is 58.3 Å². The summed E-state index contributed by atoms with van der Waals surface area (Å²) in [7, 11) is 0. The van der Waals surface area contributed by atoms with Gasteiger partial charge in [0.1, 0.15) is 0 Å². The summed E-state index contributed by atoms with van der Waals surface area (Å²) < 4.78 is 0. The predicted molar refractivity (Wildman–Crippen MR) is 63.7 cm³/mol. The molecule has 0 radical (unpaired) electrons. The molecular formula is C13H25NO. The summed E-state index contributed by atoms with van der Waals surface area (Å²) in [5, 5.41) is 2.71. The Bertz CT molecular complexity index is 162. The van der Waals surface area contributed by atoms with E-state index in [-0.39, 0.29) is 0 Å². The molecule has 0 spiro atoms. The molecule has 2 nitrogen and oxygen atoms in total. The van der Waals surface area contributed by atoms with E-state index in [0.29, 0.717) is 0 Å². The molecule has 15 heavy (non-hydrogen) atoms. The molecule has 0 aromatic heterocycles. The summed E-state index contributed by atoms with van der Waals surface area (Å²) in [5.41, 5.74) is 0. The van der Waals surface area contributed by atoms with Crippen molar-refractivity contribution in [2.45, 2.75) is 58.3 Å². The summed E-state index contributed by atoms with van der Waals surface area (Å²) in [6.07, 6.45) is 11.8. The van der Waals surface area contributed by atoms with E-state index in [0.717, 1.165) is 31.2 Å². The van der Waals surface area contributed by atoms with Gasteiger partial charge in [-0.3, -0.25) is 4.79 Å². The van der Waals surface area contributed by atoms with Crippen LogP contribution in [0.25, 0.3) is 0 Å². The van der Waals surface area contributed by atoms with Crippen molar-refractivity contribution in [1.29, 1.82) is 0 Å². The number of carbonyl (C=O) groups is 1. The first-order chi connectivity index (χ1) is 7.33. The first-order valence-electron chi connectivity index (χ1n) is 6.50. The lowest BCUT2D eigenvalue weighted by molar-refractivity contribution is -0.109. The molecular weight excluding hydrogens is 186 g/mol. The molecule has 88 valence electrons. The van der Waals surface area contributed by atoms with Crippen molar-refractivity contribution in [3.8, 4) is 0 Å². The van der Waals surface area contributed by atoms with Crippen LogP contribution in [0.15, 0.2) is 0 Å². The largest absolute Gasteiger partial charge is 0.359 e. The number of amides is 1. The van der Waals surface area contributed by atoms with Gasteiger partial charge in [0.05, 0.1) is 0 Å². The Labute approximate surface area is 93.8 Å². The van der Waals surface area contributed by atoms with Crippen LogP contribution < -0.4 is 5.32 Å². The van der Waals surface area contributed by atoms with Crippen LogP contribution >= 0.6 is 0 Å². The Morgan fingerprint density at radius 3 is 2.53 bits per heavy atom. The zero-order valence-electron chi connectivity index (χ0n) is 10.0. The summed E-state index contributed by atoms with van der Waals surface area (Å²) in [6.45, 7) is 3.23.